The van der Waals surface area contributed by atoms with E-state index in [0.29, 0.717) is 11.4 Å². The normalized spacial score (nSPS) is 15.1. The molecule has 3 aromatic heterocycles. The van der Waals surface area contributed by atoms with Crippen LogP contribution in [-0.4, -0.2) is 143 Å². The molecule has 0 saturated heterocycles. The Hall–Kier alpha value is -6.18. The molecule has 0 aromatic carbocycles. The van der Waals surface area contributed by atoms with Gasteiger partial charge in [0.2, 0.25) is 5.82 Å². The average Bonchev–Trinajstić information content (AvgIpc) is 3.23. The largest absolute Gasteiger partial charge is 0.467 e. The zero-order valence-electron chi connectivity index (χ0n) is 31.8. The third kappa shape index (κ3) is 13.7. The number of rotatable bonds is 13. The smallest absolute Gasteiger partial charge is 0.337 e. The third-order valence-corrected chi connectivity index (χ3v) is 8.28. The van der Waals surface area contributed by atoms with Gasteiger partial charge in [-0.25, -0.2) is 38.9 Å². The summed E-state index contributed by atoms with van der Waals surface area (Å²) in [7, 11) is 5.34. The number of ether oxygens (including phenoxy) is 5. The molecule has 6 atom stereocenters. The number of aliphatic hydroxyl groups is 3. The number of ketones is 1. The highest BCUT2D eigenvalue weighted by Crippen LogP contribution is 2.26. The number of nitro groups is 1. The second-order valence-corrected chi connectivity index (χ2v) is 12.6. The lowest BCUT2D eigenvalue weighted by Gasteiger charge is -2.27. The second kappa shape index (κ2) is 23.4. The number of halogens is 3. The summed E-state index contributed by atoms with van der Waals surface area (Å²) in [6, 6.07) is 4.23. The van der Waals surface area contributed by atoms with Crippen LogP contribution in [0.2, 0.25) is 15.5 Å². The van der Waals surface area contributed by atoms with Crippen molar-refractivity contribution >= 4 is 99.3 Å². The quantitative estimate of drug-likeness (QED) is 0.0393. The number of nitrogens with two attached hydrogens (primary N) is 1. The summed E-state index contributed by atoms with van der Waals surface area (Å²) in [5.74, 6) is -5.21. The molecule has 326 valence electrons. The van der Waals surface area contributed by atoms with E-state index in [4.69, 9.17) is 40.5 Å². The minimum Gasteiger partial charge on any atom is -0.467 e. The van der Waals surface area contributed by atoms with Crippen molar-refractivity contribution in [1.82, 2.24) is 15.0 Å². The Labute approximate surface area is 353 Å². The van der Waals surface area contributed by atoms with Crippen molar-refractivity contribution in [2.75, 3.05) is 57.2 Å². The lowest BCUT2D eigenvalue weighted by atomic mass is 9.96. The van der Waals surface area contributed by atoms with Crippen molar-refractivity contribution in [2.24, 2.45) is 0 Å². The van der Waals surface area contributed by atoms with Gasteiger partial charge in [-0.15, -0.1) is 0 Å². The fourth-order valence-corrected chi connectivity index (χ4v) is 5.05. The molecule has 8 N–H and O–H groups in total. The van der Waals surface area contributed by atoms with Gasteiger partial charge >= 0.3 is 35.5 Å². The fourth-order valence-electron chi connectivity index (χ4n) is 4.61. The molecule has 0 bridgehead atoms. The number of pyridine rings is 3. The molecule has 0 radical (unpaired) electrons. The van der Waals surface area contributed by atoms with Crippen LogP contribution in [0.25, 0.3) is 0 Å². The van der Waals surface area contributed by atoms with Gasteiger partial charge in [-0.1, -0.05) is 40.9 Å². The lowest BCUT2D eigenvalue weighted by Crippen LogP contribution is -2.48. The molecular weight excluding hydrogens is 871 g/mol. The van der Waals surface area contributed by atoms with Gasteiger partial charge in [-0.3, -0.25) is 14.9 Å². The van der Waals surface area contributed by atoms with Crippen LogP contribution in [0.4, 0.5) is 28.8 Å². The molecule has 27 heteroatoms. The zero-order valence-corrected chi connectivity index (χ0v) is 34.1. The van der Waals surface area contributed by atoms with E-state index < -0.39 is 82.7 Å². The number of nitrogen functional groups attached to an aromatic ring is 1. The van der Waals surface area contributed by atoms with Gasteiger partial charge in [0.25, 0.3) is 0 Å². The molecule has 24 nitrogen and oxygen atoms in total. The van der Waals surface area contributed by atoms with Crippen molar-refractivity contribution in [3.63, 3.8) is 0 Å². The highest BCUT2D eigenvalue weighted by molar-refractivity contribution is 6.30. The van der Waals surface area contributed by atoms with Gasteiger partial charge in [-0.2, -0.15) is 0 Å². The molecular formula is C33H37Cl3N8O16. The molecule has 1 aliphatic heterocycles. The minimum absolute atomic E-state index is 0.0378. The highest BCUT2D eigenvalue weighted by Gasteiger charge is 2.38. The maximum absolute atomic E-state index is 11.8. The first-order chi connectivity index (χ1) is 28.2. The number of methoxy groups -OCH3 is 5. The summed E-state index contributed by atoms with van der Waals surface area (Å²) in [5.41, 5.74) is 6.01. The minimum atomic E-state index is -1.96. The number of hydrogen-bond donors (Lipinski definition) is 7. The topological polar surface area (TPSA) is 353 Å². The molecule has 0 spiro atoms. The number of carbonyl (C=O) groups excluding carboxylic acids is 6. The number of Topliss-reactive ketones (excluding diaryl/α,β-unsaturated/α-hetero) is 1. The van der Waals surface area contributed by atoms with Crippen LogP contribution in [0.5, 0.6) is 0 Å². The Morgan fingerprint density at radius 1 is 0.733 bits per heavy atom. The number of aliphatic hydroxyl groups excluding tert-OH is 3. The first kappa shape index (κ1) is 50.0. The monoisotopic (exact) mass is 906 g/mol. The third-order valence-electron chi connectivity index (χ3n) is 7.65. The van der Waals surface area contributed by atoms with E-state index in [0.717, 1.165) is 41.6 Å². The van der Waals surface area contributed by atoms with E-state index in [1.165, 1.54) is 18.2 Å². The van der Waals surface area contributed by atoms with E-state index in [2.05, 4.69) is 54.6 Å². The van der Waals surface area contributed by atoms with Crippen molar-refractivity contribution in [1.29, 1.82) is 0 Å². The van der Waals surface area contributed by atoms with Crippen LogP contribution in [0, 0.1) is 10.1 Å². The van der Waals surface area contributed by atoms with Crippen molar-refractivity contribution in [3.05, 3.63) is 67.5 Å². The van der Waals surface area contributed by atoms with Gasteiger partial charge in [0, 0.05) is 18.1 Å². The summed E-state index contributed by atoms with van der Waals surface area (Å²) < 4.78 is 22.0. The first-order valence-corrected chi connectivity index (χ1v) is 17.5. The van der Waals surface area contributed by atoms with E-state index in [9.17, 15) is 54.2 Å². The number of anilines is 4. The highest BCUT2D eigenvalue weighted by atomic mass is 35.5. The summed E-state index contributed by atoms with van der Waals surface area (Å²) in [5, 5.41) is 47.9. The molecule has 0 aliphatic carbocycles. The molecule has 0 fully saturated rings. The molecule has 4 rings (SSSR count). The van der Waals surface area contributed by atoms with Gasteiger partial charge in [0.05, 0.1) is 46.2 Å². The van der Waals surface area contributed by atoms with E-state index >= 15 is 0 Å². The Bertz CT molecular complexity index is 2070. The molecule has 4 heterocycles. The van der Waals surface area contributed by atoms with E-state index in [1.54, 1.807) is 12.1 Å². The van der Waals surface area contributed by atoms with Crippen LogP contribution in [0.1, 0.15) is 5.56 Å². The first-order valence-electron chi connectivity index (χ1n) is 16.4. The maximum atomic E-state index is 11.8. The summed E-state index contributed by atoms with van der Waals surface area (Å²) in [6.07, 6.45) is -5.22. The summed E-state index contributed by atoms with van der Waals surface area (Å²) in [4.78, 5) is 90.7. The maximum Gasteiger partial charge on any atom is 0.337 e. The Kier molecular flexibility index (Phi) is 19.5. The summed E-state index contributed by atoms with van der Waals surface area (Å²) in [6.45, 7) is 0. The molecule has 0 unspecified atom stereocenters. The SMILES string of the molecule is COC(=O)[C@@H](O)[C@@H]1Nc2nc(Cl)ccc2CC1=O.COC(=O)[C@@H](O)[C@H](Nc1nc(Cl)ccc1N)C(=O)OC.COC(=O)[C@@H](O)[C@H](Nc1nc(Cl)ccc1[N+](=O)[O-])C(=O)OC. The van der Waals surface area contributed by atoms with Gasteiger partial charge < -0.3 is 60.7 Å². The number of carbonyl (C=O) groups is 6. The number of aromatic nitrogens is 3. The molecule has 3 aromatic rings. The molecule has 60 heavy (non-hydrogen) atoms. The Morgan fingerprint density at radius 2 is 1.17 bits per heavy atom. The predicted molar refractivity (Wildman–Crippen MR) is 208 cm³/mol. The molecule has 0 saturated carbocycles. The predicted octanol–water partition coefficient (Wildman–Crippen LogP) is 0.110. The lowest BCUT2D eigenvalue weighted by molar-refractivity contribution is -0.384. The fraction of sp³-hybridized carbons (Fsp3) is 0.364. The van der Waals surface area contributed by atoms with Gasteiger partial charge in [0.1, 0.15) is 27.3 Å². The second-order valence-electron chi connectivity index (χ2n) is 11.4. The van der Waals surface area contributed by atoms with Crippen molar-refractivity contribution in [2.45, 2.75) is 42.9 Å². The average molecular weight is 908 g/mol. The molecule has 1 aliphatic rings. The Morgan fingerprint density at radius 3 is 1.65 bits per heavy atom. The van der Waals surface area contributed by atoms with Gasteiger partial charge in [0.15, 0.2) is 42.0 Å². The van der Waals surface area contributed by atoms with Gasteiger partial charge in [-0.05, 0) is 24.3 Å². The number of nitrogens with zero attached hydrogens (tertiary/aromatic N) is 4. The van der Waals surface area contributed by atoms with Crippen molar-refractivity contribution in [3.8, 4) is 0 Å². The van der Waals surface area contributed by atoms with Crippen LogP contribution in [-0.2, 0) is 58.9 Å². The van der Waals surface area contributed by atoms with Crippen molar-refractivity contribution < 1.29 is 72.7 Å². The van der Waals surface area contributed by atoms with E-state index in [-0.39, 0.29) is 39.2 Å². The number of nitrogens with one attached hydrogen (secondary N) is 3. The Balaban J connectivity index is 0.000000311. The van der Waals surface area contributed by atoms with E-state index in [1.807, 2.05) is 0 Å². The zero-order chi connectivity index (χ0) is 45.4. The standard InChI is InChI=1S/C11H12ClN3O7.C11H14ClN3O5.C11H11ClN2O4/c1-21-10(17)7(8(16)11(18)22-2)14-9-5(15(19)20)3-4-6(12)13-9;1-19-10(17)7(8(16)11(18)20-2)15-9-5(13)3-4-6(12)14-9;1-18-11(17)9(16)8-6(15)4-5-2-3-7(12)13-10(5)14-8/h3-4,7-8,16H,1-2H3,(H,13,14);3-4,7-8,16H,13H2,1-2H3,(H,14,15);2-3,8-9,16H,4H2,1H3,(H,13,14)/t2*7-,8-;8-,9+/m001/s1. The van der Waals surface area contributed by atoms with Crippen LogP contribution in [0.3, 0.4) is 0 Å². The number of esters is 5. The number of fused-ring (bicyclic) bond motifs is 1. The van der Waals surface area contributed by atoms with Crippen LogP contribution < -0.4 is 21.7 Å². The number of hydrogen-bond acceptors (Lipinski definition) is 23. The van der Waals surface area contributed by atoms with Crippen LogP contribution in [0.15, 0.2) is 36.4 Å². The summed E-state index contributed by atoms with van der Waals surface area (Å²) >= 11 is 17.1. The molecule has 0 amide bonds. The van der Waals surface area contributed by atoms with Crippen LogP contribution >= 0.6 is 34.8 Å².